The van der Waals surface area contributed by atoms with E-state index in [-0.39, 0.29) is 12.1 Å². The lowest BCUT2D eigenvalue weighted by Crippen LogP contribution is -2.44. The Morgan fingerprint density at radius 2 is 1.60 bits per heavy atom. The molecule has 1 amide bonds. The summed E-state index contributed by atoms with van der Waals surface area (Å²) in [5.74, 6) is 0.989. The third-order valence-corrected chi connectivity index (χ3v) is 6.02. The van der Waals surface area contributed by atoms with Crippen molar-refractivity contribution in [3.63, 3.8) is 0 Å². The fraction of sp³-hybridized carbons (Fsp3) is 0.381. The molecular formula is C21H25NO2S. The first kappa shape index (κ1) is 17.9. The fourth-order valence-corrected chi connectivity index (χ4v) is 4.52. The van der Waals surface area contributed by atoms with Crippen molar-refractivity contribution in [3.8, 4) is 0 Å². The van der Waals surface area contributed by atoms with Gasteiger partial charge in [0, 0.05) is 17.0 Å². The number of amides is 1. The van der Waals surface area contributed by atoms with Gasteiger partial charge in [-0.2, -0.15) is 11.8 Å². The van der Waals surface area contributed by atoms with Crippen LogP contribution in [0.3, 0.4) is 0 Å². The van der Waals surface area contributed by atoms with E-state index >= 15 is 0 Å². The van der Waals surface area contributed by atoms with Crippen LogP contribution in [0.2, 0.25) is 0 Å². The number of ether oxygens (including phenoxy) is 1. The molecule has 0 radical (unpaired) electrons. The van der Waals surface area contributed by atoms with Crippen molar-refractivity contribution in [1.29, 1.82) is 0 Å². The van der Waals surface area contributed by atoms with Crippen molar-refractivity contribution in [2.45, 2.75) is 49.3 Å². The van der Waals surface area contributed by atoms with Crippen LogP contribution in [-0.4, -0.2) is 17.4 Å². The molecule has 0 heterocycles. The van der Waals surface area contributed by atoms with Crippen LogP contribution in [-0.2, 0) is 17.1 Å². The van der Waals surface area contributed by atoms with Crippen LogP contribution in [0, 0.1) is 0 Å². The van der Waals surface area contributed by atoms with Gasteiger partial charge in [-0.05, 0) is 24.0 Å². The summed E-state index contributed by atoms with van der Waals surface area (Å²) >= 11 is 1.94. The number of hydrogen-bond acceptors (Lipinski definition) is 3. The number of nitrogens with one attached hydrogen (secondary N) is 1. The molecule has 1 saturated carbocycles. The Morgan fingerprint density at radius 3 is 2.32 bits per heavy atom. The zero-order valence-electron chi connectivity index (χ0n) is 14.4. The summed E-state index contributed by atoms with van der Waals surface area (Å²) in [6.07, 6.45) is 4.30. The highest BCUT2D eigenvalue weighted by Gasteiger charge is 2.27. The SMILES string of the molecule is O=C(N[C@H]1CCCC[C@@H]1SCc1ccccc1)OCc1ccccc1. The minimum Gasteiger partial charge on any atom is -0.445 e. The second kappa shape index (κ2) is 9.52. The summed E-state index contributed by atoms with van der Waals surface area (Å²) in [4.78, 5) is 12.2. The third kappa shape index (κ3) is 5.82. The summed E-state index contributed by atoms with van der Waals surface area (Å²) in [6.45, 7) is 0.321. The zero-order chi connectivity index (χ0) is 17.3. The number of carbonyl (C=O) groups excluding carboxylic acids is 1. The van der Waals surface area contributed by atoms with Gasteiger partial charge >= 0.3 is 6.09 Å². The van der Waals surface area contributed by atoms with Gasteiger partial charge in [-0.15, -0.1) is 0 Å². The monoisotopic (exact) mass is 355 g/mol. The molecule has 0 aromatic heterocycles. The first-order chi connectivity index (χ1) is 12.3. The normalized spacial score (nSPS) is 20.0. The van der Waals surface area contributed by atoms with Gasteiger partial charge in [0.2, 0.25) is 0 Å². The average molecular weight is 356 g/mol. The van der Waals surface area contributed by atoms with E-state index in [4.69, 9.17) is 4.74 Å². The highest BCUT2D eigenvalue weighted by atomic mass is 32.2. The third-order valence-electron chi connectivity index (χ3n) is 4.53. The molecule has 2 aromatic carbocycles. The van der Waals surface area contributed by atoms with Crippen molar-refractivity contribution >= 4 is 17.9 Å². The predicted molar refractivity (Wildman–Crippen MR) is 104 cm³/mol. The molecule has 0 aliphatic heterocycles. The number of benzene rings is 2. The Bertz CT molecular complexity index is 647. The first-order valence-electron chi connectivity index (χ1n) is 8.94. The van der Waals surface area contributed by atoms with Crippen LogP contribution in [0.5, 0.6) is 0 Å². The van der Waals surface area contributed by atoms with Crippen molar-refractivity contribution in [1.82, 2.24) is 5.32 Å². The van der Waals surface area contributed by atoms with E-state index in [1.807, 2.05) is 48.2 Å². The Labute approximate surface area is 154 Å². The lowest BCUT2D eigenvalue weighted by Gasteiger charge is -2.31. The maximum absolute atomic E-state index is 12.2. The Hall–Kier alpha value is -1.94. The molecule has 3 nitrogen and oxygen atoms in total. The van der Waals surface area contributed by atoms with Crippen molar-refractivity contribution < 1.29 is 9.53 Å². The number of rotatable bonds is 6. The van der Waals surface area contributed by atoms with E-state index in [0.717, 1.165) is 24.2 Å². The van der Waals surface area contributed by atoms with E-state index in [0.29, 0.717) is 11.9 Å². The standard InChI is InChI=1S/C21H25NO2S/c23-21(24-15-17-9-3-1-4-10-17)22-19-13-7-8-14-20(19)25-16-18-11-5-2-6-12-18/h1-6,9-12,19-20H,7-8,13-16H2,(H,22,23)/t19-,20-/m0/s1. The summed E-state index contributed by atoms with van der Waals surface area (Å²) < 4.78 is 5.38. The highest BCUT2D eigenvalue weighted by molar-refractivity contribution is 7.99. The second-order valence-corrected chi connectivity index (χ2v) is 7.66. The number of carbonyl (C=O) groups is 1. The molecule has 0 spiro atoms. The van der Waals surface area contributed by atoms with Gasteiger partial charge in [-0.1, -0.05) is 73.5 Å². The maximum atomic E-state index is 12.2. The van der Waals surface area contributed by atoms with E-state index in [1.54, 1.807) is 0 Å². The van der Waals surface area contributed by atoms with Gasteiger partial charge in [0.1, 0.15) is 6.61 Å². The van der Waals surface area contributed by atoms with Crippen molar-refractivity contribution in [3.05, 3.63) is 71.8 Å². The molecule has 2 atom stereocenters. The van der Waals surface area contributed by atoms with Crippen LogP contribution < -0.4 is 5.32 Å². The summed E-state index contributed by atoms with van der Waals surface area (Å²) in [5.41, 5.74) is 2.35. The lowest BCUT2D eigenvalue weighted by atomic mass is 9.95. The smallest absolute Gasteiger partial charge is 0.407 e. The predicted octanol–water partition coefficient (Wildman–Crippen LogP) is 5.16. The Balaban J connectivity index is 1.47. The number of thioether (sulfide) groups is 1. The average Bonchev–Trinajstić information content (AvgIpc) is 2.67. The van der Waals surface area contributed by atoms with E-state index < -0.39 is 0 Å². The molecule has 1 aliphatic rings. The molecule has 4 heteroatoms. The second-order valence-electron chi connectivity index (χ2n) is 6.43. The molecular weight excluding hydrogens is 330 g/mol. The molecule has 1 aliphatic carbocycles. The van der Waals surface area contributed by atoms with E-state index in [1.165, 1.54) is 18.4 Å². The van der Waals surface area contributed by atoms with E-state index in [2.05, 4.69) is 29.6 Å². The molecule has 0 unspecified atom stereocenters. The summed E-state index contributed by atoms with van der Waals surface area (Å²) in [6, 6.07) is 20.5. The minimum atomic E-state index is -0.305. The molecule has 25 heavy (non-hydrogen) atoms. The van der Waals surface area contributed by atoms with Crippen LogP contribution in [0.1, 0.15) is 36.8 Å². The molecule has 3 rings (SSSR count). The van der Waals surface area contributed by atoms with E-state index in [9.17, 15) is 4.79 Å². The molecule has 1 fully saturated rings. The van der Waals surface area contributed by atoms with Gasteiger partial charge in [0.15, 0.2) is 0 Å². The lowest BCUT2D eigenvalue weighted by molar-refractivity contribution is 0.133. The fourth-order valence-electron chi connectivity index (χ4n) is 3.16. The summed E-state index contributed by atoms with van der Waals surface area (Å²) in [7, 11) is 0. The van der Waals surface area contributed by atoms with Crippen LogP contribution >= 0.6 is 11.8 Å². The molecule has 1 N–H and O–H groups in total. The van der Waals surface area contributed by atoms with Crippen molar-refractivity contribution in [2.24, 2.45) is 0 Å². The van der Waals surface area contributed by atoms with Crippen LogP contribution in [0.15, 0.2) is 60.7 Å². The topological polar surface area (TPSA) is 38.3 Å². The first-order valence-corrected chi connectivity index (χ1v) is 9.99. The molecule has 0 bridgehead atoms. The van der Waals surface area contributed by atoms with Gasteiger partial charge in [-0.3, -0.25) is 0 Å². The minimum absolute atomic E-state index is 0.200. The molecule has 0 saturated heterocycles. The van der Waals surface area contributed by atoms with Crippen LogP contribution in [0.25, 0.3) is 0 Å². The van der Waals surface area contributed by atoms with Gasteiger partial charge in [-0.25, -0.2) is 4.79 Å². The quantitative estimate of drug-likeness (QED) is 0.778. The summed E-state index contributed by atoms with van der Waals surface area (Å²) in [5, 5.41) is 3.55. The molecule has 2 aromatic rings. The maximum Gasteiger partial charge on any atom is 0.407 e. The van der Waals surface area contributed by atoms with Gasteiger partial charge in [0.25, 0.3) is 0 Å². The van der Waals surface area contributed by atoms with Gasteiger partial charge < -0.3 is 10.1 Å². The van der Waals surface area contributed by atoms with Gasteiger partial charge in [0.05, 0.1) is 0 Å². The largest absolute Gasteiger partial charge is 0.445 e. The number of alkyl carbamates (subject to hydrolysis) is 1. The highest BCUT2D eigenvalue weighted by Crippen LogP contribution is 2.31. The van der Waals surface area contributed by atoms with Crippen molar-refractivity contribution in [2.75, 3.05) is 0 Å². The van der Waals surface area contributed by atoms with Crippen LogP contribution in [0.4, 0.5) is 4.79 Å². The molecule has 132 valence electrons. The Morgan fingerprint density at radius 1 is 0.960 bits per heavy atom. The zero-order valence-corrected chi connectivity index (χ0v) is 15.2. The number of hydrogen-bond donors (Lipinski definition) is 1. The Kier molecular flexibility index (Phi) is 6.80.